The summed E-state index contributed by atoms with van der Waals surface area (Å²) in [4.78, 5) is 14.4. The normalized spacial score (nSPS) is 22.2. The van der Waals surface area contributed by atoms with Crippen LogP contribution in [0.4, 0.5) is 0 Å². The predicted molar refractivity (Wildman–Crippen MR) is 85.4 cm³/mol. The number of amides is 1. The predicted octanol–water partition coefficient (Wildman–Crippen LogP) is 3.53. The number of aliphatic hydroxyl groups excluding tert-OH is 1. The molecule has 2 aliphatic carbocycles. The van der Waals surface area contributed by atoms with E-state index in [2.05, 4.69) is 11.4 Å². The van der Waals surface area contributed by atoms with Crippen molar-refractivity contribution in [2.45, 2.75) is 63.4 Å². The number of aliphatic hydroxyl groups is 1. The average Bonchev–Trinajstić information content (AvgIpc) is 2.97. The van der Waals surface area contributed by atoms with Crippen molar-refractivity contribution < 1.29 is 9.90 Å². The summed E-state index contributed by atoms with van der Waals surface area (Å²) < 4.78 is 0. The van der Waals surface area contributed by atoms with E-state index >= 15 is 0 Å². The Kier molecular flexibility index (Phi) is 4.36. The summed E-state index contributed by atoms with van der Waals surface area (Å²) >= 11 is 1.71. The van der Waals surface area contributed by atoms with Gasteiger partial charge in [-0.25, -0.2) is 0 Å². The van der Waals surface area contributed by atoms with E-state index < -0.39 is 6.10 Å². The summed E-state index contributed by atoms with van der Waals surface area (Å²) in [5.74, 6) is 0.865. The third kappa shape index (κ3) is 3.49. The van der Waals surface area contributed by atoms with Gasteiger partial charge in [-0.05, 0) is 50.7 Å². The van der Waals surface area contributed by atoms with E-state index in [-0.39, 0.29) is 11.3 Å². The highest BCUT2D eigenvalue weighted by Crippen LogP contribution is 2.44. The van der Waals surface area contributed by atoms with Crippen molar-refractivity contribution in [1.29, 1.82) is 0 Å². The molecule has 0 aliphatic heterocycles. The molecule has 2 saturated carbocycles. The Labute approximate surface area is 130 Å². The van der Waals surface area contributed by atoms with E-state index in [1.165, 1.54) is 30.6 Å². The van der Waals surface area contributed by atoms with Gasteiger partial charge in [0.05, 0.1) is 6.10 Å². The zero-order valence-corrected chi connectivity index (χ0v) is 13.5. The van der Waals surface area contributed by atoms with E-state index in [9.17, 15) is 9.90 Å². The van der Waals surface area contributed by atoms with E-state index in [1.807, 2.05) is 13.0 Å². The minimum Gasteiger partial charge on any atom is -0.388 e. The van der Waals surface area contributed by atoms with Gasteiger partial charge in [0.2, 0.25) is 5.91 Å². The fraction of sp³-hybridized carbons (Fsp3) is 0.706. The van der Waals surface area contributed by atoms with Gasteiger partial charge in [-0.15, -0.1) is 11.3 Å². The molecule has 2 fully saturated rings. The number of rotatable bonds is 6. The van der Waals surface area contributed by atoms with Gasteiger partial charge in [0.1, 0.15) is 0 Å². The molecule has 0 spiro atoms. The van der Waals surface area contributed by atoms with E-state index in [4.69, 9.17) is 0 Å². The monoisotopic (exact) mass is 307 g/mol. The standard InChI is InChI=1S/C17H25NO2S/c1-12(19)14-6-7-15(21-14)17(8-2-3-9-17)11-18-16(20)10-13-4-5-13/h6-7,12-13,19H,2-5,8-11H2,1H3,(H,18,20). The first-order valence-corrected chi connectivity index (χ1v) is 8.96. The third-order valence-corrected chi connectivity index (χ3v) is 6.42. The fourth-order valence-electron chi connectivity index (χ4n) is 3.35. The van der Waals surface area contributed by atoms with Gasteiger partial charge in [0.25, 0.3) is 0 Å². The molecular weight excluding hydrogens is 282 g/mol. The molecule has 116 valence electrons. The molecule has 21 heavy (non-hydrogen) atoms. The molecule has 1 heterocycles. The molecule has 0 aromatic carbocycles. The molecule has 0 radical (unpaired) electrons. The smallest absolute Gasteiger partial charge is 0.220 e. The molecular formula is C17H25NO2S. The van der Waals surface area contributed by atoms with Crippen molar-refractivity contribution in [2.24, 2.45) is 5.92 Å². The Balaban J connectivity index is 1.67. The largest absolute Gasteiger partial charge is 0.388 e. The van der Waals surface area contributed by atoms with Gasteiger partial charge in [-0.1, -0.05) is 12.8 Å². The summed E-state index contributed by atoms with van der Waals surface area (Å²) in [6.45, 7) is 2.58. The van der Waals surface area contributed by atoms with Crippen LogP contribution in [0.2, 0.25) is 0 Å². The number of nitrogens with one attached hydrogen (secondary N) is 1. The Morgan fingerprint density at radius 3 is 2.71 bits per heavy atom. The van der Waals surface area contributed by atoms with Crippen LogP contribution in [0.15, 0.2) is 12.1 Å². The van der Waals surface area contributed by atoms with E-state index in [1.54, 1.807) is 11.3 Å². The van der Waals surface area contributed by atoms with Crippen LogP contribution in [0, 0.1) is 5.92 Å². The zero-order valence-electron chi connectivity index (χ0n) is 12.7. The summed E-state index contributed by atoms with van der Waals surface area (Å²) in [5.41, 5.74) is 0.108. The molecule has 4 heteroatoms. The SMILES string of the molecule is CC(O)c1ccc(C2(CNC(=O)CC3CC3)CCCC2)s1. The molecule has 1 atom stereocenters. The Morgan fingerprint density at radius 2 is 2.14 bits per heavy atom. The van der Waals surface area contributed by atoms with E-state index in [0.29, 0.717) is 12.3 Å². The first kappa shape index (κ1) is 15.0. The Bertz CT molecular complexity index is 499. The zero-order chi connectivity index (χ0) is 14.9. The topological polar surface area (TPSA) is 49.3 Å². The quantitative estimate of drug-likeness (QED) is 0.844. The molecule has 1 aromatic heterocycles. The van der Waals surface area contributed by atoms with Gasteiger partial charge in [0.15, 0.2) is 0 Å². The second-order valence-corrected chi connectivity index (χ2v) is 7.91. The highest BCUT2D eigenvalue weighted by molar-refractivity contribution is 7.12. The maximum atomic E-state index is 12.0. The van der Waals surface area contributed by atoms with Gasteiger partial charge in [0, 0.05) is 28.1 Å². The average molecular weight is 307 g/mol. The summed E-state index contributed by atoms with van der Waals surface area (Å²) in [6, 6.07) is 4.20. The lowest BCUT2D eigenvalue weighted by Crippen LogP contribution is -2.38. The lowest BCUT2D eigenvalue weighted by molar-refractivity contribution is -0.121. The van der Waals surface area contributed by atoms with Crippen molar-refractivity contribution >= 4 is 17.2 Å². The number of hydrogen-bond donors (Lipinski definition) is 2. The van der Waals surface area contributed by atoms with Crippen LogP contribution >= 0.6 is 11.3 Å². The third-order valence-electron chi connectivity index (χ3n) is 4.92. The maximum Gasteiger partial charge on any atom is 0.220 e. The van der Waals surface area contributed by atoms with Gasteiger partial charge < -0.3 is 10.4 Å². The summed E-state index contributed by atoms with van der Waals surface area (Å²) in [7, 11) is 0. The number of carbonyl (C=O) groups excluding carboxylic acids is 1. The van der Waals surface area contributed by atoms with Crippen molar-refractivity contribution in [2.75, 3.05) is 6.54 Å². The molecule has 0 bridgehead atoms. The highest BCUT2D eigenvalue weighted by atomic mass is 32.1. The van der Waals surface area contributed by atoms with Crippen LogP contribution in [-0.2, 0) is 10.2 Å². The van der Waals surface area contributed by atoms with Gasteiger partial charge >= 0.3 is 0 Å². The molecule has 1 aromatic rings. The Morgan fingerprint density at radius 1 is 1.43 bits per heavy atom. The van der Waals surface area contributed by atoms with Crippen LogP contribution in [0.5, 0.6) is 0 Å². The van der Waals surface area contributed by atoms with Crippen LogP contribution < -0.4 is 5.32 Å². The van der Waals surface area contributed by atoms with Crippen molar-refractivity contribution in [1.82, 2.24) is 5.32 Å². The molecule has 1 unspecified atom stereocenters. The second kappa shape index (κ2) is 6.09. The van der Waals surface area contributed by atoms with Crippen LogP contribution in [-0.4, -0.2) is 17.6 Å². The molecule has 0 saturated heterocycles. The van der Waals surface area contributed by atoms with Crippen LogP contribution in [0.1, 0.15) is 67.7 Å². The molecule has 2 N–H and O–H groups in total. The van der Waals surface area contributed by atoms with Gasteiger partial charge in [-0.3, -0.25) is 4.79 Å². The minimum atomic E-state index is -0.397. The number of carbonyl (C=O) groups is 1. The molecule has 1 amide bonds. The first-order valence-electron chi connectivity index (χ1n) is 8.14. The maximum absolute atomic E-state index is 12.0. The molecule has 3 rings (SSSR count). The van der Waals surface area contributed by atoms with Gasteiger partial charge in [-0.2, -0.15) is 0 Å². The lowest BCUT2D eigenvalue weighted by atomic mass is 9.84. The number of thiophene rings is 1. The molecule has 3 nitrogen and oxygen atoms in total. The minimum absolute atomic E-state index is 0.108. The van der Waals surface area contributed by atoms with E-state index in [0.717, 1.165) is 24.3 Å². The first-order chi connectivity index (χ1) is 10.1. The van der Waals surface area contributed by atoms with Crippen LogP contribution in [0.3, 0.4) is 0 Å². The van der Waals surface area contributed by atoms with Crippen molar-refractivity contribution in [3.63, 3.8) is 0 Å². The van der Waals surface area contributed by atoms with Crippen molar-refractivity contribution in [3.8, 4) is 0 Å². The fourth-order valence-corrected chi connectivity index (χ4v) is 4.54. The highest BCUT2D eigenvalue weighted by Gasteiger charge is 2.37. The summed E-state index contributed by atoms with van der Waals surface area (Å²) in [6.07, 6.45) is 7.53. The Hall–Kier alpha value is -0.870. The molecule has 2 aliphatic rings. The van der Waals surface area contributed by atoms with Crippen LogP contribution in [0.25, 0.3) is 0 Å². The lowest BCUT2D eigenvalue weighted by Gasteiger charge is -2.28. The summed E-state index contributed by atoms with van der Waals surface area (Å²) in [5, 5.41) is 12.9. The second-order valence-electron chi connectivity index (χ2n) is 6.79. The number of hydrogen-bond acceptors (Lipinski definition) is 3. The van der Waals surface area contributed by atoms with Crippen molar-refractivity contribution in [3.05, 3.63) is 21.9 Å².